The van der Waals surface area contributed by atoms with Gasteiger partial charge in [-0.2, -0.15) is 0 Å². The Kier molecular flexibility index (Phi) is 5.87. The van der Waals surface area contributed by atoms with Gasteiger partial charge in [0.15, 0.2) is 0 Å². The van der Waals surface area contributed by atoms with Crippen LogP contribution in [0, 0.1) is 0 Å². The van der Waals surface area contributed by atoms with E-state index in [1.54, 1.807) is 6.92 Å². The van der Waals surface area contributed by atoms with Crippen molar-refractivity contribution in [2.75, 3.05) is 12.4 Å². The maximum Gasteiger partial charge on any atom is 0.316 e. The summed E-state index contributed by atoms with van der Waals surface area (Å²) in [5.41, 5.74) is 6.66. The molecule has 1 rings (SSSR count). The molecule has 0 bridgehead atoms. The summed E-state index contributed by atoms with van der Waals surface area (Å²) in [6.07, 6.45) is 0. The van der Waals surface area contributed by atoms with Gasteiger partial charge in [0.1, 0.15) is 0 Å². The van der Waals surface area contributed by atoms with Crippen LogP contribution in [0.25, 0.3) is 0 Å². The van der Waals surface area contributed by atoms with Gasteiger partial charge in [0.2, 0.25) is 0 Å². The molecular formula is C11H14BrNO2S. The number of rotatable bonds is 5. The number of thioether (sulfide) groups is 1. The first kappa shape index (κ1) is 13.5. The second-order valence-electron chi connectivity index (χ2n) is 3.05. The lowest BCUT2D eigenvalue weighted by Crippen LogP contribution is -2.07. The molecule has 1 aromatic carbocycles. The summed E-state index contributed by atoms with van der Waals surface area (Å²) < 4.78 is 5.85. The van der Waals surface area contributed by atoms with Crippen molar-refractivity contribution in [1.29, 1.82) is 0 Å². The first-order chi connectivity index (χ1) is 7.67. The second-order valence-corrected chi connectivity index (χ2v) is 4.98. The average molecular weight is 304 g/mol. The zero-order valence-corrected chi connectivity index (χ0v) is 11.4. The van der Waals surface area contributed by atoms with Crippen molar-refractivity contribution in [3.8, 4) is 0 Å². The summed E-state index contributed by atoms with van der Waals surface area (Å²) in [4.78, 5) is 12.2. The molecule has 0 aliphatic heterocycles. The van der Waals surface area contributed by atoms with Crippen LogP contribution in [0.3, 0.4) is 0 Å². The highest BCUT2D eigenvalue weighted by molar-refractivity contribution is 9.10. The number of ether oxygens (including phenoxy) is 1. The first-order valence-corrected chi connectivity index (χ1v) is 6.72. The van der Waals surface area contributed by atoms with Crippen molar-refractivity contribution in [3.63, 3.8) is 0 Å². The van der Waals surface area contributed by atoms with E-state index in [-0.39, 0.29) is 5.97 Å². The van der Waals surface area contributed by atoms with Gasteiger partial charge in [-0.3, -0.25) is 4.79 Å². The molecule has 0 heterocycles. The van der Waals surface area contributed by atoms with Gasteiger partial charge in [-0.25, -0.2) is 0 Å². The van der Waals surface area contributed by atoms with E-state index in [4.69, 9.17) is 10.5 Å². The lowest BCUT2D eigenvalue weighted by atomic mass is 10.2. The second kappa shape index (κ2) is 6.93. The van der Waals surface area contributed by atoms with Crippen LogP contribution >= 0.6 is 27.7 Å². The Bertz CT molecular complexity index is 371. The molecule has 3 nitrogen and oxygen atoms in total. The number of nitrogens with two attached hydrogens (primary N) is 1. The fourth-order valence-corrected chi connectivity index (χ4v) is 2.59. The van der Waals surface area contributed by atoms with Crippen LogP contribution in [-0.4, -0.2) is 18.3 Å². The molecule has 0 aromatic heterocycles. The Balaban J connectivity index is 2.65. The van der Waals surface area contributed by atoms with Crippen LogP contribution in [0.1, 0.15) is 12.5 Å². The molecule has 2 N–H and O–H groups in total. The number of benzene rings is 1. The SMILES string of the molecule is CCOC(=O)CSc1cc(Br)ccc1CN. The summed E-state index contributed by atoms with van der Waals surface area (Å²) in [6, 6.07) is 5.86. The monoisotopic (exact) mass is 303 g/mol. The van der Waals surface area contributed by atoms with Crippen LogP contribution in [0.15, 0.2) is 27.6 Å². The van der Waals surface area contributed by atoms with E-state index in [2.05, 4.69) is 15.9 Å². The molecule has 0 saturated carbocycles. The van der Waals surface area contributed by atoms with Gasteiger partial charge in [-0.05, 0) is 24.6 Å². The molecule has 0 aliphatic rings. The number of halogens is 1. The Labute approximate surface area is 108 Å². The van der Waals surface area contributed by atoms with E-state index in [9.17, 15) is 4.79 Å². The highest BCUT2D eigenvalue weighted by Gasteiger charge is 2.07. The van der Waals surface area contributed by atoms with Crippen molar-refractivity contribution in [2.45, 2.75) is 18.4 Å². The lowest BCUT2D eigenvalue weighted by molar-refractivity contribution is -0.139. The van der Waals surface area contributed by atoms with Crippen molar-refractivity contribution in [2.24, 2.45) is 5.73 Å². The third kappa shape index (κ3) is 4.15. The molecule has 0 spiro atoms. The van der Waals surface area contributed by atoms with Gasteiger partial charge in [0, 0.05) is 15.9 Å². The fourth-order valence-electron chi connectivity index (χ4n) is 1.17. The molecule has 0 aliphatic carbocycles. The van der Waals surface area contributed by atoms with Crippen LogP contribution in [0.5, 0.6) is 0 Å². The molecule has 0 atom stereocenters. The van der Waals surface area contributed by atoms with Crippen molar-refractivity contribution in [1.82, 2.24) is 0 Å². The van der Waals surface area contributed by atoms with Crippen LogP contribution in [0.4, 0.5) is 0 Å². The Hall–Kier alpha value is -0.520. The summed E-state index contributed by atoms with van der Waals surface area (Å²) in [5.74, 6) is 0.118. The summed E-state index contributed by atoms with van der Waals surface area (Å²) >= 11 is 4.84. The van der Waals surface area contributed by atoms with Gasteiger partial charge >= 0.3 is 5.97 Å². The molecule has 1 aromatic rings. The maximum absolute atomic E-state index is 11.2. The molecule has 0 saturated heterocycles. The van der Waals surface area contributed by atoms with Gasteiger partial charge in [0.05, 0.1) is 12.4 Å². The predicted octanol–water partition coefficient (Wildman–Crippen LogP) is 2.56. The molecule has 0 radical (unpaired) electrons. The van der Waals surface area contributed by atoms with Gasteiger partial charge in [-0.15, -0.1) is 11.8 Å². The standard InChI is InChI=1S/C11H14BrNO2S/c1-2-15-11(14)7-16-10-5-9(12)4-3-8(10)6-13/h3-5H,2,6-7,13H2,1H3. The third-order valence-electron chi connectivity index (χ3n) is 1.90. The lowest BCUT2D eigenvalue weighted by Gasteiger charge is -2.07. The minimum absolute atomic E-state index is 0.199. The normalized spacial score (nSPS) is 10.2. The Morgan fingerprint density at radius 2 is 2.31 bits per heavy atom. The Morgan fingerprint density at radius 3 is 2.94 bits per heavy atom. The van der Waals surface area contributed by atoms with E-state index in [0.29, 0.717) is 18.9 Å². The molecular weight excluding hydrogens is 290 g/mol. The quantitative estimate of drug-likeness (QED) is 0.671. The molecule has 88 valence electrons. The van der Waals surface area contributed by atoms with E-state index >= 15 is 0 Å². The van der Waals surface area contributed by atoms with E-state index in [0.717, 1.165) is 14.9 Å². The highest BCUT2D eigenvalue weighted by Crippen LogP contribution is 2.26. The van der Waals surface area contributed by atoms with Crippen LogP contribution in [-0.2, 0) is 16.1 Å². The number of hydrogen-bond donors (Lipinski definition) is 1. The zero-order valence-electron chi connectivity index (χ0n) is 9.03. The molecule has 0 fully saturated rings. The van der Waals surface area contributed by atoms with Gasteiger partial charge in [0.25, 0.3) is 0 Å². The zero-order chi connectivity index (χ0) is 12.0. The van der Waals surface area contributed by atoms with Crippen molar-refractivity contribution in [3.05, 3.63) is 28.2 Å². The summed E-state index contributed by atoms with van der Waals surface area (Å²) in [5, 5.41) is 0. The molecule has 0 amide bonds. The number of carbonyl (C=O) groups excluding carboxylic acids is 1. The largest absolute Gasteiger partial charge is 0.465 e. The van der Waals surface area contributed by atoms with E-state index in [1.807, 2.05) is 18.2 Å². The fraction of sp³-hybridized carbons (Fsp3) is 0.364. The van der Waals surface area contributed by atoms with Crippen LogP contribution < -0.4 is 5.73 Å². The first-order valence-electron chi connectivity index (χ1n) is 4.94. The average Bonchev–Trinajstić information content (AvgIpc) is 2.27. The summed E-state index contributed by atoms with van der Waals surface area (Å²) in [6.45, 7) is 2.69. The number of esters is 1. The third-order valence-corrected chi connectivity index (χ3v) is 3.46. The Morgan fingerprint density at radius 1 is 1.56 bits per heavy atom. The predicted molar refractivity (Wildman–Crippen MR) is 69.4 cm³/mol. The maximum atomic E-state index is 11.2. The topological polar surface area (TPSA) is 52.3 Å². The molecule has 0 unspecified atom stereocenters. The smallest absolute Gasteiger partial charge is 0.316 e. The minimum atomic E-state index is -0.199. The van der Waals surface area contributed by atoms with Gasteiger partial charge in [-0.1, -0.05) is 22.0 Å². The number of carbonyl (C=O) groups is 1. The number of hydrogen-bond acceptors (Lipinski definition) is 4. The van der Waals surface area contributed by atoms with Crippen molar-refractivity contribution >= 4 is 33.7 Å². The van der Waals surface area contributed by atoms with Crippen molar-refractivity contribution < 1.29 is 9.53 Å². The minimum Gasteiger partial charge on any atom is -0.465 e. The van der Waals surface area contributed by atoms with E-state index < -0.39 is 0 Å². The highest BCUT2D eigenvalue weighted by atomic mass is 79.9. The van der Waals surface area contributed by atoms with Crippen LogP contribution in [0.2, 0.25) is 0 Å². The molecule has 5 heteroatoms. The van der Waals surface area contributed by atoms with E-state index in [1.165, 1.54) is 11.8 Å². The summed E-state index contributed by atoms with van der Waals surface area (Å²) in [7, 11) is 0. The molecule has 16 heavy (non-hydrogen) atoms. The van der Waals surface area contributed by atoms with Gasteiger partial charge < -0.3 is 10.5 Å².